The van der Waals surface area contributed by atoms with E-state index >= 15 is 0 Å². The van der Waals surface area contributed by atoms with Gasteiger partial charge >= 0.3 is 0 Å². The molecule has 1 heterocycles. The van der Waals surface area contributed by atoms with E-state index in [0.717, 1.165) is 0 Å². The quantitative estimate of drug-likeness (QED) is 0.562. The van der Waals surface area contributed by atoms with Gasteiger partial charge in [0.15, 0.2) is 6.29 Å². The number of ketones is 1. The normalized spacial score (nSPS) is 30.1. The summed E-state index contributed by atoms with van der Waals surface area (Å²) in [6, 6.07) is -0.827. The number of aliphatic hydroxyl groups excluding tert-OH is 2. The van der Waals surface area contributed by atoms with Crippen LogP contribution in [-0.4, -0.2) is 59.2 Å². The first-order chi connectivity index (χ1) is 11.6. The number of hydrogen-bond donors (Lipinski definition) is 3. The average Bonchev–Trinajstić information content (AvgIpc) is 2.51. The minimum absolute atomic E-state index is 0.210. The van der Waals surface area contributed by atoms with Crippen LogP contribution in [0.5, 0.6) is 0 Å². The summed E-state index contributed by atoms with van der Waals surface area (Å²) in [5.74, 6) is -0.124. The monoisotopic (exact) mass is 359 g/mol. The van der Waals surface area contributed by atoms with Gasteiger partial charge in [-0.05, 0) is 19.3 Å². The van der Waals surface area contributed by atoms with Gasteiger partial charge in [0.25, 0.3) is 0 Å². The Morgan fingerprint density at radius 3 is 2.32 bits per heavy atom. The van der Waals surface area contributed by atoms with Crippen molar-refractivity contribution < 1.29 is 29.3 Å². The molecule has 1 aliphatic rings. The van der Waals surface area contributed by atoms with Crippen LogP contribution in [0.3, 0.4) is 0 Å². The van der Waals surface area contributed by atoms with Gasteiger partial charge in [-0.2, -0.15) is 0 Å². The number of carbonyl (C=O) groups excluding carboxylic acids is 2. The predicted octanol–water partition coefficient (Wildman–Crippen LogP) is 1.15. The third-order valence-electron chi connectivity index (χ3n) is 4.39. The van der Waals surface area contributed by atoms with Crippen molar-refractivity contribution in [2.24, 2.45) is 5.41 Å². The highest BCUT2D eigenvalue weighted by molar-refractivity contribution is 5.83. The molecule has 7 heteroatoms. The van der Waals surface area contributed by atoms with Gasteiger partial charge in [-0.25, -0.2) is 0 Å². The largest absolute Gasteiger partial charge is 0.388 e. The minimum atomic E-state index is -1.16. The number of ether oxygens (including phenoxy) is 2. The number of amides is 1. The molecular weight excluding hydrogens is 326 g/mol. The van der Waals surface area contributed by atoms with Crippen molar-refractivity contribution in [3.05, 3.63) is 0 Å². The molecule has 1 aliphatic heterocycles. The number of rotatable bonds is 8. The number of aliphatic hydroxyl groups is 2. The SMILES string of the molecule is CCC1OC(OCCCCC(=O)C(C)(C)C)C(NC(C)=O)C(O)C1O. The second-order valence-electron chi connectivity index (χ2n) is 7.66. The van der Waals surface area contributed by atoms with Crippen molar-refractivity contribution in [2.45, 2.75) is 90.9 Å². The fraction of sp³-hybridized carbons (Fsp3) is 0.889. The number of unbranched alkanes of at least 4 members (excludes halogenated alkanes) is 1. The summed E-state index contributed by atoms with van der Waals surface area (Å²) in [5, 5.41) is 22.9. The summed E-state index contributed by atoms with van der Waals surface area (Å²) in [7, 11) is 0. The van der Waals surface area contributed by atoms with Crippen LogP contribution in [0.15, 0.2) is 0 Å². The molecule has 7 nitrogen and oxygen atoms in total. The van der Waals surface area contributed by atoms with E-state index in [9.17, 15) is 19.8 Å². The molecule has 1 fully saturated rings. The van der Waals surface area contributed by atoms with E-state index in [2.05, 4.69) is 5.32 Å². The Morgan fingerprint density at radius 2 is 1.80 bits per heavy atom. The molecule has 3 N–H and O–H groups in total. The van der Waals surface area contributed by atoms with E-state index in [4.69, 9.17) is 9.47 Å². The van der Waals surface area contributed by atoms with Crippen molar-refractivity contribution in [3.63, 3.8) is 0 Å². The predicted molar refractivity (Wildman–Crippen MR) is 92.8 cm³/mol. The summed E-state index contributed by atoms with van der Waals surface area (Å²) in [6.45, 7) is 9.22. The third-order valence-corrected chi connectivity index (χ3v) is 4.39. The van der Waals surface area contributed by atoms with Crippen molar-refractivity contribution in [3.8, 4) is 0 Å². The average molecular weight is 359 g/mol. The second-order valence-corrected chi connectivity index (χ2v) is 7.66. The van der Waals surface area contributed by atoms with Crippen LogP contribution in [0.2, 0.25) is 0 Å². The molecule has 1 rings (SSSR count). The fourth-order valence-corrected chi connectivity index (χ4v) is 2.76. The first-order valence-corrected chi connectivity index (χ1v) is 9.01. The van der Waals surface area contributed by atoms with Crippen molar-refractivity contribution in [1.82, 2.24) is 5.32 Å². The maximum Gasteiger partial charge on any atom is 0.217 e. The molecule has 5 atom stereocenters. The molecular formula is C18H33NO6. The van der Waals surface area contributed by atoms with E-state index in [0.29, 0.717) is 32.3 Å². The zero-order chi connectivity index (χ0) is 19.2. The van der Waals surface area contributed by atoms with E-state index in [1.165, 1.54) is 6.92 Å². The van der Waals surface area contributed by atoms with Crippen molar-refractivity contribution in [2.75, 3.05) is 6.61 Å². The lowest BCUT2D eigenvalue weighted by Crippen LogP contribution is -2.63. The summed E-state index contributed by atoms with van der Waals surface area (Å²) >= 11 is 0. The molecule has 25 heavy (non-hydrogen) atoms. The molecule has 5 unspecified atom stereocenters. The Hall–Kier alpha value is -1.02. The molecule has 0 radical (unpaired) electrons. The molecule has 0 aromatic heterocycles. The van der Waals surface area contributed by atoms with Gasteiger partial charge in [-0.15, -0.1) is 0 Å². The minimum Gasteiger partial charge on any atom is -0.388 e. The van der Waals surface area contributed by atoms with Crippen LogP contribution < -0.4 is 5.32 Å². The lowest BCUT2D eigenvalue weighted by atomic mass is 9.88. The standard InChI is InChI=1S/C18H33NO6/c1-6-12-15(22)16(23)14(19-11(2)20)17(25-12)24-10-8-7-9-13(21)18(3,4)5/h12,14-17,22-23H,6-10H2,1-5H3,(H,19,20). The highest BCUT2D eigenvalue weighted by Crippen LogP contribution is 2.24. The molecule has 0 saturated carbocycles. The van der Waals surface area contributed by atoms with Crippen LogP contribution in [0.25, 0.3) is 0 Å². The van der Waals surface area contributed by atoms with Gasteiger partial charge in [0.2, 0.25) is 5.91 Å². The van der Waals surface area contributed by atoms with Crippen LogP contribution in [0.1, 0.15) is 60.3 Å². The number of hydrogen-bond acceptors (Lipinski definition) is 6. The van der Waals surface area contributed by atoms with Crippen molar-refractivity contribution >= 4 is 11.7 Å². The Balaban J connectivity index is 2.52. The molecule has 1 amide bonds. The molecule has 0 aromatic carbocycles. The first-order valence-electron chi connectivity index (χ1n) is 9.01. The Morgan fingerprint density at radius 1 is 1.16 bits per heavy atom. The van der Waals surface area contributed by atoms with E-state index in [1.54, 1.807) is 0 Å². The van der Waals surface area contributed by atoms with Gasteiger partial charge in [0.1, 0.15) is 24.0 Å². The number of Topliss-reactive ketones (excluding diaryl/α,β-unsaturated/α-hetero) is 1. The van der Waals surface area contributed by atoms with Gasteiger partial charge in [-0.1, -0.05) is 27.7 Å². The van der Waals surface area contributed by atoms with Crippen LogP contribution in [0, 0.1) is 5.41 Å². The van der Waals surface area contributed by atoms with Crippen LogP contribution >= 0.6 is 0 Å². The fourth-order valence-electron chi connectivity index (χ4n) is 2.76. The number of nitrogens with one attached hydrogen (secondary N) is 1. The second kappa shape index (κ2) is 9.62. The van der Waals surface area contributed by atoms with Gasteiger partial charge in [-0.3, -0.25) is 9.59 Å². The van der Waals surface area contributed by atoms with Crippen LogP contribution in [-0.2, 0) is 19.1 Å². The lowest BCUT2D eigenvalue weighted by Gasteiger charge is -2.42. The topological polar surface area (TPSA) is 105 Å². The molecule has 0 spiro atoms. The maximum atomic E-state index is 11.9. The van der Waals surface area contributed by atoms with Crippen molar-refractivity contribution in [1.29, 1.82) is 0 Å². The van der Waals surface area contributed by atoms with E-state index in [-0.39, 0.29) is 17.1 Å². The smallest absolute Gasteiger partial charge is 0.217 e. The molecule has 0 bridgehead atoms. The van der Waals surface area contributed by atoms with Crippen LogP contribution in [0.4, 0.5) is 0 Å². The zero-order valence-corrected chi connectivity index (χ0v) is 15.9. The van der Waals surface area contributed by atoms with E-state index < -0.39 is 30.6 Å². The Labute approximate surface area is 150 Å². The molecule has 0 aliphatic carbocycles. The Bertz CT molecular complexity index is 447. The summed E-state index contributed by atoms with van der Waals surface area (Å²) in [5.41, 5.74) is -0.335. The Kier molecular flexibility index (Phi) is 8.47. The van der Waals surface area contributed by atoms with Gasteiger partial charge < -0.3 is 25.0 Å². The first kappa shape index (κ1) is 22.0. The highest BCUT2D eigenvalue weighted by Gasteiger charge is 2.44. The molecule has 0 aromatic rings. The van der Waals surface area contributed by atoms with E-state index in [1.807, 2.05) is 27.7 Å². The summed E-state index contributed by atoms with van der Waals surface area (Å²) < 4.78 is 11.4. The zero-order valence-electron chi connectivity index (χ0n) is 15.9. The third kappa shape index (κ3) is 6.66. The maximum absolute atomic E-state index is 11.9. The number of carbonyl (C=O) groups is 2. The van der Waals surface area contributed by atoms with Gasteiger partial charge in [0, 0.05) is 25.4 Å². The molecule has 146 valence electrons. The summed E-state index contributed by atoms with van der Waals surface area (Å²) in [6.07, 6.45) is -1.23. The highest BCUT2D eigenvalue weighted by atomic mass is 16.7. The molecule has 1 saturated heterocycles. The van der Waals surface area contributed by atoms with Gasteiger partial charge in [0.05, 0.1) is 6.10 Å². The summed E-state index contributed by atoms with van der Waals surface area (Å²) in [4.78, 5) is 23.2. The lowest BCUT2D eigenvalue weighted by molar-refractivity contribution is -0.265.